The van der Waals surface area contributed by atoms with Crippen molar-refractivity contribution in [1.29, 1.82) is 0 Å². The van der Waals surface area contributed by atoms with Gasteiger partial charge in [0.15, 0.2) is 5.58 Å². The van der Waals surface area contributed by atoms with Crippen molar-refractivity contribution in [2.24, 2.45) is 5.73 Å². The molecule has 0 spiro atoms. The van der Waals surface area contributed by atoms with Crippen LogP contribution < -0.4 is 10.5 Å². The molecule has 0 aliphatic heterocycles. The molecule has 1 aromatic carbocycles. The molecule has 4 nitrogen and oxygen atoms in total. The van der Waals surface area contributed by atoms with Crippen LogP contribution in [0.5, 0.6) is 5.88 Å². The van der Waals surface area contributed by atoms with Crippen molar-refractivity contribution in [3.63, 3.8) is 0 Å². The lowest BCUT2D eigenvalue weighted by Crippen LogP contribution is -2.10. The molecule has 94 valence electrons. The second-order valence-corrected chi connectivity index (χ2v) is 4.11. The first-order valence-electron chi connectivity index (χ1n) is 4.72. The molecule has 0 atom stereocenters. The number of hydrogen-bond donors (Lipinski definition) is 1. The summed E-state index contributed by atoms with van der Waals surface area (Å²) in [5.74, 6) is 0.377. The lowest BCUT2D eigenvalue weighted by atomic mass is 10.1. The van der Waals surface area contributed by atoms with E-state index in [1.54, 1.807) is 6.07 Å². The Morgan fingerprint density at radius 3 is 2.76 bits per heavy atom. The monoisotopic (exact) mass is 296 g/mol. The highest BCUT2D eigenvalue weighted by atomic mass is 35.5. The Hall–Kier alpha value is -0.680. The van der Waals surface area contributed by atoms with E-state index < -0.39 is 0 Å². The summed E-state index contributed by atoms with van der Waals surface area (Å²) in [5.41, 5.74) is 6.66. The molecule has 17 heavy (non-hydrogen) atoms. The van der Waals surface area contributed by atoms with Crippen LogP contribution in [-0.2, 0) is 0 Å². The topological polar surface area (TPSA) is 61.3 Å². The van der Waals surface area contributed by atoms with Crippen LogP contribution in [0.1, 0.15) is 5.56 Å². The minimum Gasteiger partial charge on any atom is -0.474 e. The highest BCUT2D eigenvalue weighted by Crippen LogP contribution is 2.37. The first-order chi connectivity index (χ1) is 7.65. The normalized spacial score (nSPS) is 10.4. The Morgan fingerprint density at radius 1 is 1.41 bits per heavy atom. The van der Waals surface area contributed by atoms with Crippen LogP contribution in [0.3, 0.4) is 0 Å². The Labute approximate surface area is 114 Å². The quantitative estimate of drug-likeness (QED) is 0.945. The third kappa shape index (κ3) is 2.60. The molecule has 1 heterocycles. The summed E-state index contributed by atoms with van der Waals surface area (Å²) in [5, 5.41) is 5.47. The number of rotatable bonds is 3. The number of ether oxygens (including phenoxy) is 1. The summed E-state index contributed by atoms with van der Waals surface area (Å²) in [7, 11) is 0. The zero-order valence-corrected chi connectivity index (χ0v) is 11.3. The molecule has 7 heteroatoms. The largest absolute Gasteiger partial charge is 0.474 e. The van der Waals surface area contributed by atoms with Gasteiger partial charge in [-0.15, -0.1) is 12.4 Å². The second kappa shape index (κ2) is 5.78. The van der Waals surface area contributed by atoms with Gasteiger partial charge in [-0.3, -0.25) is 0 Å². The van der Waals surface area contributed by atoms with Gasteiger partial charge in [0.2, 0.25) is 0 Å². The molecule has 0 saturated heterocycles. The molecular formula is C10H11Cl3N2O2. The zero-order valence-electron chi connectivity index (χ0n) is 9.00. The van der Waals surface area contributed by atoms with Gasteiger partial charge in [0.25, 0.3) is 5.88 Å². The van der Waals surface area contributed by atoms with E-state index >= 15 is 0 Å². The van der Waals surface area contributed by atoms with Crippen molar-refractivity contribution in [3.05, 3.63) is 21.7 Å². The maximum Gasteiger partial charge on any atom is 0.262 e. The number of halogens is 3. The highest BCUT2D eigenvalue weighted by Gasteiger charge is 2.17. The van der Waals surface area contributed by atoms with E-state index in [0.717, 1.165) is 5.56 Å². The Bertz CT molecular complexity index is 528. The van der Waals surface area contributed by atoms with Crippen molar-refractivity contribution >= 4 is 46.6 Å². The molecule has 0 bridgehead atoms. The first kappa shape index (κ1) is 14.4. The molecule has 0 aliphatic carbocycles. The van der Waals surface area contributed by atoms with Crippen molar-refractivity contribution < 1.29 is 9.26 Å². The van der Waals surface area contributed by atoms with E-state index in [2.05, 4.69) is 5.16 Å². The molecule has 0 fully saturated rings. The van der Waals surface area contributed by atoms with Gasteiger partial charge in [0.1, 0.15) is 6.61 Å². The Morgan fingerprint density at radius 2 is 2.12 bits per heavy atom. The minimum atomic E-state index is 0. The summed E-state index contributed by atoms with van der Waals surface area (Å²) in [6, 6.07) is 1.62. The maximum absolute atomic E-state index is 6.02. The summed E-state index contributed by atoms with van der Waals surface area (Å²) in [6.07, 6.45) is 0. The fourth-order valence-electron chi connectivity index (χ4n) is 1.43. The van der Waals surface area contributed by atoms with E-state index in [1.165, 1.54) is 0 Å². The smallest absolute Gasteiger partial charge is 0.262 e. The van der Waals surface area contributed by atoms with Gasteiger partial charge in [0, 0.05) is 11.6 Å². The molecule has 0 saturated carbocycles. The second-order valence-electron chi connectivity index (χ2n) is 3.29. The maximum atomic E-state index is 6.02. The summed E-state index contributed by atoms with van der Waals surface area (Å²) in [6.45, 7) is 2.63. The number of aryl methyl sites for hydroxylation is 1. The number of fused-ring (bicyclic) bond motifs is 1. The van der Waals surface area contributed by atoms with Crippen molar-refractivity contribution in [2.45, 2.75) is 6.92 Å². The molecular weight excluding hydrogens is 286 g/mol. The lowest BCUT2D eigenvalue weighted by molar-refractivity contribution is 0.293. The number of benzene rings is 1. The summed E-state index contributed by atoms with van der Waals surface area (Å²) >= 11 is 12.0. The Balaban J connectivity index is 0.00000144. The van der Waals surface area contributed by atoms with Gasteiger partial charge in [-0.05, 0) is 23.7 Å². The number of aromatic nitrogens is 1. The van der Waals surface area contributed by atoms with Crippen molar-refractivity contribution in [2.75, 3.05) is 13.2 Å². The number of nitrogens with zero attached hydrogens (tertiary/aromatic N) is 1. The van der Waals surface area contributed by atoms with E-state index in [0.29, 0.717) is 40.0 Å². The molecule has 1 aromatic heterocycles. The molecule has 2 aromatic rings. The summed E-state index contributed by atoms with van der Waals surface area (Å²) in [4.78, 5) is 0. The Kier molecular flexibility index (Phi) is 4.89. The number of nitrogens with two attached hydrogens (primary N) is 1. The van der Waals surface area contributed by atoms with Gasteiger partial charge in [0.05, 0.1) is 10.4 Å². The van der Waals surface area contributed by atoms with E-state index in [4.69, 9.17) is 38.2 Å². The van der Waals surface area contributed by atoms with Crippen LogP contribution in [0, 0.1) is 6.92 Å². The molecule has 0 aliphatic rings. The minimum absolute atomic E-state index is 0. The average Bonchev–Trinajstić information content (AvgIpc) is 2.67. The third-order valence-corrected chi connectivity index (χ3v) is 2.89. The zero-order chi connectivity index (χ0) is 11.7. The summed E-state index contributed by atoms with van der Waals surface area (Å²) < 4.78 is 10.5. The van der Waals surface area contributed by atoms with Crippen LogP contribution in [0.4, 0.5) is 0 Å². The number of hydrogen-bond acceptors (Lipinski definition) is 4. The predicted molar refractivity (Wildman–Crippen MR) is 70.6 cm³/mol. The van der Waals surface area contributed by atoms with Crippen molar-refractivity contribution in [1.82, 2.24) is 5.16 Å². The average molecular weight is 298 g/mol. The van der Waals surface area contributed by atoms with Gasteiger partial charge >= 0.3 is 0 Å². The van der Waals surface area contributed by atoms with Crippen LogP contribution >= 0.6 is 35.6 Å². The van der Waals surface area contributed by atoms with Crippen LogP contribution in [0.15, 0.2) is 10.6 Å². The third-order valence-electron chi connectivity index (χ3n) is 2.22. The standard InChI is InChI=1S/C10H10Cl2N2O2.ClH/c1-5-6(11)4-7(12)9-8(5)10(14-16-9)15-3-2-13;/h4H,2-3,13H2,1H3;1H. The van der Waals surface area contributed by atoms with Crippen LogP contribution in [-0.4, -0.2) is 18.3 Å². The van der Waals surface area contributed by atoms with Crippen LogP contribution in [0.2, 0.25) is 10.0 Å². The molecule has 2 rings (SSSR count). The van der Waals surface area contributed by atoms with Crippen LogP contribution in [0.25, 0.3) is 11.0 Å². The first-order valence-corrected chi connectivity index (χ1v) is 5.47. The SMILES string of the molecule is Cc1c(Cl)cc(Cl)c2onc(OCCN)c12.Cl. The van der Waals surface area contributed by atoms with Gasteiger partial charge < -0.3 is 15.0 Å². The van der Waals surface area contributed by atoms with Gasteiger partial charge in [-0.2, -0.15) is 0 Å². The fourth-order valence-corrected chi connectivity index (χ4v) is 1.93. The highest BCUT2D eigenvalue weighted by molar-refractivity contribution is 6.38. The van der Waals surface area contributed by atoms with E-state index in [9.17, 15) is 0 Å². The van der Waals surface area contributed by atoms with Gasteiger partial charge in [-0.1, -0.05) is 23.2 Å². The molecule has 0 radical (unpaired) electrons. The van der Waals surface area contributed by atoms with Gasteiger partial charge in [-0.25, -0.2) is 0 Å². The van der Waals surface area contributed by atoms with E-state index in [1.807, 2.05) is 6.92 Å². The lowest BCUT2D eigenvalue weighted by Gasteiger charge is -2.03. The molecule has 2 N–H and O–H groups in total. The van der Waals surface area contributed by atoms with Crippen molar-refractivity contribution in [3.8, 4) is 5.88 Å². The molecule has 0 amide bonds. The molecule has 0 unspecified atom stereocenters. The fraction of sp³-hybridized carbons (Fsp3) is 0.300. The predicted octanol–water partition coefficient (Wildman–Crippen LogP) is 3.20. The van der Waals surface area contributed by atoms with E-state index in [-0.39, 0.29) is 12.4 Å².